The molecule has 0 fully saturated rings. The third-order valence-corrected chi connectivity index (χ3v) is 3.36. The number of para-hydroxylation sites is 2. The topological polar surface area (TPSA) is 76.5 Å². The Balaban J connectivity index is 1.99. The smallest absolute Gasteiger partial charge is 0.338 e. The Kier molecular flexibility index (Phi) is 2.35. The van der Waals surface area contributed by atoms with Gasteiger partial charge in [-0.05, 0) is 18.2 Å². The highest BCUT2D eigenvalue weighted by molar-refractivity contribution is 6.01. The number of fused-ring (bicyclic) bond motifs is 2. The summed E-state index contributed by atoms with van der Waals surface area (Å²) in [4.78, 5) is 15.5. The number of furan rings is 1. The zero-order chi connectivity index (χ0) is 14.4. The predicted octanol–water partition coefficient (Wildman–Crippen LogP) is 3.94. The highest BCUT2D eigenvalue weighted by atomic mass is 16.4. The van der Waals surface area contributed by atoms with Crippen LogP contribution in [-0.4, -0.2) is 16.1 Å². The van der Waals surface area contributed by atoms with Crippen LogP contribution in [0.15, 0.2) is 57.6 Å². The van der Waals surface area contributed by atoms with Crippen molar-refractivity contribution in [3.8, 4) is 11.5 Å². The Hall–Kier alpha value is -3.08. The van der Waals surface area contributed by atoms with E-state index in [9.17, 15) is 9.90 Å². The SMILES string of the molecule is O=C(O)c1cccc2oc(-c3coc4ccccc34)nc12. The number of hydrogen-bond acceptors (Lipinski definition) is 4. The van der Waals surface area contributed by atoms with Gasteiger partial charge in [-0.1, -0.05) is 24.3 Å². The lowest BCUT2D eigenvalue weighted by molar-refractivity contribution is 0.0699. The van der Waals surface area contributed by atoms with Gasteiger partial charge in [-0.25, -0.2) is 9.78 Å². The fourth-order valence-corrected chi connectivity index (χ4v) is 2.38. The highest BCUT2D eigenvalue weighted by Gasteiger charge is 2.17. The number of aromatic carboxylic acids is 1. The number of benzene rings is 2. The summed E-state index contributed by atoms with van der Waals surface area (Å²) >= 11 is 0. The summed E-state index contributed by atoms with van der Waals surface area (Å²) in [7, 11) is 0. The zero-order valence-electron chi connectivity index (χ0n) is 10.7. The summed E-state index contributed by atoms with van der Waals surface area (Å²) < 4.78 is 11.1. The van der Waals surface area contributed by atoms with Crippen LogP contribution < -0.4 is 0 Å². The Labute approximate surface area is 118 Å². The van der Waals surface area contributed by atoms with Crippen LogP contribution in [0.25, 0.3) is 33.5 Å². The van der Waals surface area contributed by atoms with Gasteiger partial charge in [0.25, 0.3) is 0 Å². The minimum Gasteiger partial charge on any atom is -0.478 e. The number of carbonyl (C=O) groups is 1. The molecular formula is C16H9NO4. The second kappa shape index (κ2) is 4.21. The van der Waals surface area contributed by atoms with Crippen LogP contribution in [0.1, 0.15) is 10.4 Å². The normalized spacial score (nSPS) is 11.2. The third kappa shape index (κ3) is 1.71. The van der Waals surface area contributed by atoms with Crippen molar-refractivity contribution < 1.29 is 18.7 Å². The Morgan fingerprint density at radius 2 is 1.86 bits per heavy atom. The summed E-state index contributed by atoms with van der Waals surface area (Å²) in [5, 5.41) is 10.1. The van der Waals surface area contributed by atoms with Crippen LogP contribution in [0.4, 0.5) is 0 Å². The van der Waals surface area contributed by atoms with E-state index in [4.69, 9.17) is 8.83 Å². The van der Waals surface area contributed by atoms with Crippen molar-refractivity contribution >= 4 is 28.0 Å². The molecule has 2 aromatic heterocycles. The quantitative estimate of drug-likeness (QED) is 0.601. The van der Waals surface area contributed by atoms with Gasteiger partial charge >= 0.3 is 5.97 Å². The largest absolute Gasteiger partial charge is 0.478 e. The van der Waals surface area contributed by atoms with Crippen LogP contribution in [0.2, 0.25) is 0 Å². The molecule has 0 aliphatic heterocycles. The molecule has 0 unspecified atom stereocenters. The molecule has 102 valence electrons. The summed E-state index contributed by atoms with van der Waals surface area (Å²) in [6.07, 6.45) is 1.57. The van der Waals surface area contributed by atoms with Crippen molar-refractivity contribution in [1.29, 1.82) is 0 Å². The Morgan fingerprint density at radius 3 is 2.71 bits per heavy atom. The first-order valence-electron chi connectivity index (χ1n) is 6.33. The number of aromatic nitrogens is 1. The van der Waals surface area contributed by atoms with Gasteiger partial charge in [-0.15, -0.1) is 0 Å². The van der Waals surface area contributed by atoms with Crippen molar-refractivity contribution in [2.24, 2.45) is 0 Å². The van der Waals surface area contributed by atoms with Gasteiger partial charge in [0.1, 0.15) is 17.4 Å². The van der Waals surface area contributed by atoms with E-state index < -0.39 is 5.97 Å². The molecule has 5 heteroatoms. The summed E-state index contributed by atoms with van der Waals surface area (Å²) in [6, 6.07) is 12.4. The minimum absolute atomic E-state index is 0.121. The monoisotopic (exact) mass is 279 g/mol. The molecule has 5 nitrogen and oxygen atoms in total. The average molecular weight is 279 g/mol. The van der Waals surface area contributed by atoms with Crippen LogP contribution in [0, 0.1) is 0 Å². The summed E-state index contributed by atoms with van der Waals surface area (Å²) in [6.45, 7) is 0. The molecule has 0 spiro atoms. The van der Waals surface area contributed by atoms with E-state index in [2.05, 4.69) is 4.98 Å². The fraction of sp³-hybridized carbons (Fsp3) is 0. The molecule has 4 rings (SSSR count). The molecule has 2 heterocycles. The maximum Gasteiger partial charge on any atom is 0.338 e. The first kappa shape index (κ1) is 11.7. The van der Waals surface area contributed by atoms with E-state index in [-0.39, 0.29) is 5.56 Å². The summed E-state index contributed by atoms with van der Waals surface area (Å²) in [5.41, 5.74) is 2.34. The van der Waals surface area contributed by atoms with E-state index >= 15 is 0 Å². The van der Waals surface area contributed by atoms with Crippen LogP contribution in [0.5, 0.6) is 0 Å². The molecule has 0 amide bonds. The van der Waals surface area contributed by atoms with E-state index in [1.807, 2.05) is 24.3 Å². The Bertz CT molecular complexity index is 980. The molecule has 0 saturated carbocycles. The van der Waals surface area contributed by atoms with Gasteiger partial charge in [-0.3, -0.25) is 0 Å². The first-order valence-corrected chi connectivity index (χ1v) is 6.33. The van der Waals surface area contributed by atoms with E-state index in [0.717, 1.165) is 11.0 Å². The van der Waals surface area contributed by atoms with Crippen LogP contribution in [0.3, 0.4) is 0 Å². The molecule has 0 saturated heterocycles. The lowest BCUT2D eigenvalue weighted by Crippen LogP contribution is -1.96. The van der Waals surface area contributed by atoms with Gasteiger partial charge in [0.15, 0.2) is 5.58 Å². The summed E-state index contributed by atoms with van der Waals surface area (Å²) in [5.74, 6) is -0.679. The van der Waals surface area contributed by atoms with Crippen molar-refractivity contribution in [2.75, 3.05) is 0 Å². The molecule has 1 N–H and O–H groups in total. The first-order chi connectivity index (χ1) is 10.2. The molecule has 0 bridgehead atoms. The zero-order valence-corrected chi connectivity index (χ0v) is 10.7. The number of oxazole rings is 1. The maximum atomic E-state index is 11.2. The number of carboxylic acids is 1. The van der Waals surface area contributed by atoms with Crippen LogP contribution >= 0.6 is 0 Å². The molecule has 4 aromatic rings. The van der Waals surface area contributed by atoms with Gasteiger partial charge in [0.2, 0.25) is 5.89 Å². The number of hydrogen-bond donors (Lipinski definition) is 1. The van der Waals surface area contributed by atoms with E-state index in [1.54, 1.807) is 18.4 Å². The number of rotatable bonds is 2. The molecule has 0 aliphatic rings. The molecule has 0 atom stereocenters. The molecule has 21 heavy (non-hydrogen) atoms. The van der Waals surface area contributed by atoms with E-state index in [0.29, 0.717) is 22.6 Å². The molecule has 2 aromatic carbocycles. The number of nitrogens with zero attached hydrogens (tertiary/aromatic N) is 1. The second-order valence-corrected chi connectivity index (χ2v) is 4.62. The van der Waals surface area contributed by atoms with Crippen LogP contribution in [-0.2, 0) is 0 Å². The molecule has 0 radical (unpaired) electrons. The lowest BCUT2D eigenvalue weighted by atomic mass is 10.2. The maximum absolute atomic E-state index is 11.2. The fourth-order valence-electron chi connectivity index (χ4n) is 2.38. The minimum atomic E-state index is -1.03. The molecular weight excluding hydrogens is 270 g/mol. The van der Waals surface area contributed by atoms with Crippen molar-refractivity contribution in [3.63, 3.8) is 0 Å². The van der Waals surface area contributed by atoms with Gasteiger partial charge in [0, 0.05) is 5.39 Å². The van der Waals surface area contributed by atoms with Crippen molar-refractivity contribution in [1.82, 2.24) is 4.98 Å². The predicted molar refractivity (Wildman–Crippen MR) is 76.2 cm³/mol. The van der Waals surface area contributed by atoms with Crippen molar-refractivity contribution in [2.45, 2.75) is 0 Å². The highest BCUT2D eigenvalue weighted by Crippen LogP contribution is 2.32. The third-order valence-electron chi connectivity index (χ3n) is 3.36. The van der Waals surface area contributed by atoms with Gasteiger partial charge in [0.05, 0.1) is 11.1 Å². The van der Waals surface area contributed by atoms with Gasteiger partial charge in [-0.2, -0.15) is 0 Å². The van der Waals surface area contributed by atoms with Crippen molar-refractivity contribution in [3.05, 3.63) is 54.3 Å². The Morgan fingerprint density at radius 1 is 1.05 bits per heavy atom. The van der Waals surface area contributed by atoms with Gasteiger partial charge < -0.3 is 13.9 Å². The lowest BCUT2D eigenvalue weighted by Gasteiger charge is -1.92. The average Bonchev–Trinajstić information content (AvgIpc) is 3.09. The van der Waals surface area contributed by atoms with E-state index in [1.165, 1.54) is 6.07 Å². The molecule has 0 aliphatic carbocycles. The standard InChI is InChI=1S/C16H9NO4/c18-16(19)10-5-3-7-13-14(10)17-15(21-13)11-8-20-12-6-2-1-4-9(11)12/h1-8H,(H,18,19). The number of carboxylic acid groups (broad SMARTS) is 1. The second-order valence-electron chi connectivity index (χ2n) is 4.62.